The zero-order chi connectivity index (χ0) is 12.4. The number of hydrogen-bond acceptors (Lipinski definition) is 3. The molecule has 0 saturated carbocycles. The van der Waals surface area contributed by atoms with E-state index in [4.69, 9.17) is 17.3 Å². The summed E-state index contributed by atoms with van der Waals surface area (Å²) in [6.07, 6.45) is 0.729. The summed E-state index contributed by atoms with van der Waals surface area (Å²) in [6, 6.07) is 6.35. The van der Waals surface area contributed by atoms with E-state index >= 15 is 0 Å². The van der Waals surface area contributed by atoms with Crippen LogP contribution in [-0.2, 0) is 6.42 Å². The standard InChI is InChI=1S/C12H11ClFN3/c1-2-7-6-10(17-12(15)16-7)8-4-3-5-9(14)11(8)13/h3-6H,2H2,1H3,(H2,15,16,17). The molecule has 0 amide bonds. The van der Waals surface area contributed by atoms with Crippen LogP contribution in [0.2, 0.25) is 5.02 Å². The van der Waals surface area contributed by atoms with Crippen molar-refractivity contribution in [2.24, 2.45) is 0 Å². The van der Waals surface area contributed by atoms with Gasteiger partial charge in [0.1, 0.15) is 5.82 Å². The Morgan fingerprint density at radius 2 is 2.12 bits per heavy atom. The van der Waals surface area contributed by atoms with Gasteiger partial charge in [-0.25, -0.2) is 14.4 Å². The van der Waals surface area contributed by atoms with Crippen LogP contribution in [0.15, 0.2) is 24.3 Å². The van der Waals surface area contributed by atoms with Crippen LogP contribution in [0.1, 0.15) is 12.6 Å². The van der Waals surface area contributed by atoms with Gasteiger partial charge < -0.3 is 5.73 Å². The Morgan fingerprint density at radius 3 is 2.82 bits per heavy atom. The average Bonchev–Trinajstić information content (AvgIpc) is 2.31. The minimum Gasteiger partial charge on any atom is -0.368 e. The summed E-state index contributed by atoms with van der Waals surface area (Å²) in [5.74, 6) is -0.306. The molecule has 1 aromatic carbocycles. The second-order valence-corrected chi connectivity index (χ2v) is 3.94. The van der Waals surface area contributed by atoms with E-state index in [9.17, 15) is 4.39 Å². The lowest BCUT2D eigenvalue weighted by atomic mass is 10.1. The summed E-state index contributed by atoms with van der Waals surface area (Å²) in [7, 11) is 0. The van der Waals surface area contributed by atoms with E-state index in [1.807, 2.05) is 6.92 Å². The van der Waals surface area contributed by atoms with Crippen LogP contribution in [0.25, 0.3) is 11.3 Å². The topological polar surface area (TPSA) is 51.8 Å². The highest BCUT2D eigenvalue weighted by molar-refractivity contribution is 6.33. The molecule has 1 aromatic heterocycles. The van der Waals surface area contributed by atoms with E-state index in [2.05, 4.69) is 9.97 Å². The monoisotopic (exact) mass is 251 g/mol. The van der Waals surface area contributed by atoms with E-state index in [0.29, 0.717) is 11.3 Å². The molecule has 5 heteroatoms. The first kappa shape index (κ1) is 11.8. The van der Waals surface area contributed by atoms with Gasteiger partial charge in [0.2, 0.25) is 5.95 Å². The molecular formula is C12H11ClFN3. The quantitative estimate of drug-likeness (QED) is 0.892. The SMILES string of the molecule is CCc1cc(-c2cccc(F)c2Cl)nc(N)n1. The normalized spacial score (nSPS) is 10.5. The minimum atomic E-state index is -0.473. The summed E-state index contributed by atoms with van der Waals surface area (Å²) in [6.45, 7) is 1.96. The summed E-state index contributed by atoms with van der Waals surface area (Å²) >= 11 is 5.90. The maximum absolute atomic E-state index is 13.3. The number of benzene rings is 1. The van der Waals surface area contributed by atoms with Gasteiger partial charge in [-0.15, -0.1) is 0 Å². The highest BCUT2D eigenvalue weighted by atomic mass is 35.5. The van der Waals surface area contributed by atoms with Crippen LogP contribution in [0.3, 0.4) is 0 Å². The zero-order valence-corrected chi connectivity index (χ0v) is 10.0. The van der Waals surface area contributed by atoms with Crippen LogP contribution >= 0.6 is 11.6 Å². The molecule has 17 heavy (non-hydrogen) atoms. The Kier molecular flexibility index (Phi) is 3.24. The van der Waals surface area contributed by atoms with Gasteiger partial charge in [-0.3, -0.25) is 0 Å². The fourth-order valence-electron chi connectivity index (χ4n) is 1.54. The lowest BCUT2D eigenvalue weighted by Crippen LogP contribution is -2.00. The lowest BCUT2D eigenvalue weighted by Gasteiger charge is -2.06. The van der Waals surface area contributed by atoms with Gasteiger partial charge in [0.05, 0.1) is 10.7 Å². The van der Waals surface area contributed by atoms with E-state index in [-0.39, 0.29) is 11.0 Å². The van der Waals surface area contributed by atoms with Gasteiger partial charge in [-0.2, -0.15) is 0 Å². The molecule has 0 saturated heterocycles. The number of rotatable bonds is 2. The van der Waals surface area contributed by atoms with Crippen molar-refractivity contribution in [2.45, 2.75) is 13.3 Å². The van der Waals surface area contributed by atoms with E-state index in [1.165, 1.54) is 6.07 Å². The van der Waals surface area contributed by atoms with Crippen LogP contribution in [0.4, 0.5) is 10.3 Å². The summed E-state index contributed by atoms with van der Waals surface area (Å²) in [5.41, 5.74) is 7.46. The number of anilines is 1. The predicted molar refractivity (Wildman–Crippen MR) is 66.2 cm³/mol. The minimum absolute atomic E-state index is 0.0488. The molecule has 0 unspecified atom stereocenters. The maximum Gasteiger partial charge on any atom is 0.220 e. The third-order valence-electron chi connectivity index (χ3n) is 2.39. The van der Waals surface area contributed by atoms with Gasteiger partial charge in [0.25, 0.3) is 0 Å². The molecule has 0 aliphatic carbocycles. The van der Waals surface area contributed by atoms with Gasteiger partial charge >= 0.3 is 0 Å². The Balaban J connectivity index is 2.60. The molecule has 0 spiro atoms. The molecule has 0 aliphatic heterocycles. The van der Waals surface area contributed by atoms with E-state index in [1.54, 1.807) is 18.2 Å². The molecule has 0 atom stereocenters. The number of nitrogen functional groups attached to an aromatic ring is 1. The van der Waals surface area contributed by atoms with Crippen molar-refractivity contribution in [3.05, 3.63) is 40.8 Å². The predicted octanol–water partition coefficient (Wildman–Crippen LogP) is 3.08. The zero-order valence-electron chi connectivity index (χ0n) is 9.24. The van der Waals surface area contributed by atoms with Gasteiger partial charge in [-0.1, -0.05) is 30.7 Å². The van der Waals surface area contributed by atoms with Crippen LogP contribution in [-0.4, -0.2) is 9.97 Å². The lowest BCUT2D eigenvalue weighted by molar-refractivity contribution is 0.628. The molecule has 0 fully saturated rings. The third kappa shape index (κ3) is 2.36. The first-order valence-electron chi connectivity index (χ1n) is 5.19. The van der Waals surface area contributed by atoms with Crippen molar-refractivity contribution in [1.29, 1.82) is 0 Å². The van der Waals surface area contributed by atoms with Crippen molar-refractivity contribution in [3.8, 4) is 11.3 Å². The first-order valence-corrected chi connectivity index (χ1v) is 5.57. The Morgan fingerprint density at radius 1 is 1.35 bits per heavy atom. The van der Waals surface area contributed by atoms with Crippen LogP contribution in [0.5, 0.6) is 0 Å². The summed E-state index contributed by atoms with van der Waals surface area (Å²) in [4.78, 5) is 8.13. The molecule has 0 bridgehead atoms. The Labute approximate surface area is 103 Å². The van der Waals surface area contributed by atoms with Gasteiger partial charge in [0, 0.05) is 11.3 Å². The molecule has 1 heterocycles. The van der Waals surface area contributed by atoms with Crippen molar-refractivity contribution in [2.75, 3.05) is 5.73 Å². The fourth-order valence-corrected chi connectivity index (χ4v) is 1.76. The number of nitrogens with two attached hydrogens (primary N) is 1. The third-order valence-corrected chi connectivity index (χ3v) is 2.77. The highest BCUT2D eigenvalue weighted by Gasteiger charge is 2.10. The van der Waals surface area contributed by atoms with Crippen molar-refractivity contribution >= 4 is 17.5 Å². The van der Waals surface area contributed by atoms with Crippen LogP contribution < -0.4 is 5.73 Å². The molecule has 2 rings (SSSR count). The molecule has 2 N–H and O–H groups in total. The number of hydrogen-bond donors (Lipinski definition) is 1. The second-order valence-electron chi connectivity index (χ2n) is 3.56. The highest BCUT2D eigenvalue weighted by Crippen LogP contribution is 2.29. The van der Waals surface area contributed by atoms with Crippen molar-refractivity contribution < 1.29 is 4.39 Å². The Bertz CT molecular complexity index is 557. The van der Waals surface area contributed by atoms with Gasteiger partial charge in [-0.05, 0) is 18.6 Å². The molecule has 0 radical (unpaired) electrons. The Hall–Kier alpha value is -1.68. The average molecular weight is 252 g/mol. The summed E-state index contributed by atoms with van der Waals surface area (Å²) in [5, 5.41) is 0.0488. The molecule has 88 valence electrons. The number of halogens is 2. The second kappa shape index (κ2) is 4.67. The molecule has 2 aromatic rings. The van der Waals surface area contributed by atoms with Crippen LogP contribution in [0, 0.1) is 5.82 Å². The number of aryl methyl sites for hydroxylation is 1. The largest absolute Gasteiger partial charge is 0.368 e. The molecular weight excluding hydrogens is 241 g/mol. The van der Waals surface area contributed by atoms with E-state index < -0.39 is 5.82 Å². The van der Waals surface area contributed by atoms with Crippen molar-refractivity contribution in [3.63, 3.8) is 0 Å². The molecule has 3 nitrogen and oxygen atoms in total. The fraction of sp³-hybridized carbons (Fsp3) is 0.167. The summed E-state index contributed by atoms with van der Waals surface area (Å²) < 4.78 is 13.3. The first-order chi connectivity index (χ1) is 8.11. The maximum atomic E-state index is 13.3. The number of aromatic nitrogens is 2. The smallest absolute Gasteiger partial charge is 0.220 e. The molecule has 0 aliphatic rings. The van der Waals surface area contributed by atoms with E-state index in [0.717, 1.165) is 12.1 Å². The van der Waals surface area contributed by atoms with Gasteiger partial charge in [0.15, 0.2) is 0 Å². The number of nitrogens with zero attached hydrogens (tertiary/aromatic N) is 2. The van der Waals surface area contributed by atoms with Crippen molar-refractivity contribution in [1.82, 2.24) is 9.97 Å².